The molecule has 5 rings (SSSR count). The molecule has 12 heteroatoms. The number of methoxy groups -OCH3 is 4. The standard InChI is InChI=1S/C52H60N4O4S4/c1-49(2,3)29-17-33-41(53-25-61)35-19-30(50(4,5)6)21-37(46(35)58-14)43(55-27-63)39-23-32(52(10,11)12)24-40(48(39)60-16)44(56-28-64)38-22-31(51(7,8)9)20-36(47(38)59-15)42(54-26-62)34(18-29)45(33)57-13/h17-24,41-44H,1-16H3. The van der Waals surface area contributed by atoms with Crippen molar-refractivity contribution in [3.05, 3.63) is 115 Å². The summed E-state index contributed by atoms with van der Waals surface area (Å²) in [5.74, 6) is 2.10. The average molecular weight is 933 g/mol. The topological polar surface area (TPSA) is 86.4 Å². The van der Waals surface area contributed by atoms with E-state index >= 15 is 0 Å². The van der Waals surface area contributed by atoms with Crippen molar-refractivity contribution >= 4 is 69.5 Å². The Labute approximate surface area is 401 Å². The highest BCUT2D eigenvalue weighted by Crippen LogP contribution is 2.53. The van der Waals surface area contributed by atoms with Crippen LogP contribution in [-0.4, -0.2) is 49.1 Å². The Bertz CT molecular complexity index is 2190. The van der Waals surface area contributed by atoms with Crippen LogP contribution in [-0.2, 0) is 21.7 Å². The summed E-state index contributed by atoms with van der Waals surface area (Å²) < 4.78 is 26.1. The number of rotatable bonds is 8. The summed E-state index contributed by atoms with van der Waals surface area (Å²) in [7, 11) is 6.60. The minimum Gasteiger partial charge on any atom is -0.496 e. The highest BCUT2D eigenvalue weighted by molar-refractivity contribution is 7.78. The Morgan fingerprint density at radius 2 is 0.469 bits per heavy atom. The van der Waals surface area contributed by atoms with Crippen molar-refractivity contribution in [2.24, 2.45) is 20.0 Å². The van der Waals surface area contributed by atoms with Crippen LogP contribution >= 0.6 is 48.9 Å². The molecule has 1 aliphatic carbocycles. The second-order valence-electron chi connectivity index (χ2n) is 20.2. The number of ether oxygens (including phenoxy) is 4. The molecule has 4 aromatic carbocycles. The van der Waals surface area contributed by atoms with E-state index in [-0.39, 0.29) is 21.7 Å². The lowest BCUT2D eigenvalue weighted by Gasteiger charge is -2.32. The van der Waals surface area contributed by atoms with E-state index in [0.29, 0.717) is 67.5 Å². The number of aliphatic imine (C=N–C) groups is 4. The summed E-state index contributed by atoms with van der Waals surface area (Å²) in [6.45, 7) is 26.0. The van der Waals surface area contributed by atoms with Gasteiger partial charge in [-0.15, -0.1) is 0 Å². The summed E-state index contributed by atoms with van der Waals surface area (Å²) in [6, 6.07) is 13.9. The maximum absolute atomic E-state index is 6.53. The monoisotopic (exact) mass is 932 g/mol. The van der Waals surface area contributed by atoms with Crippen molar-refractivity contribution < 1.29 is 18.9 Å². The molecule has 336 valence electrons. The number of nitrogens with zero attached hydrogens (tertiary/aromatic N) is 4. The lowest BCUT2D eigenvalue weighted by atomic mass is 9.76. The lowest BCUT2D eigenvalue weighted by molar-refractivity contribution is 0.384. The molecule has 1 aliphatic rings. The van der Waals surface area contributed by atoms with Gasteiger partial charge in [0.05, 0.1) is 49.1 Å². The van der Waals surface area contributed by atoms with Crippen LogP contribution in [0.4, 0.5) is 0 Å². The van der Waals surface area contributed by atoms with Gasteiger partial charge in [-0.05, 0) is 141 Å². The quantitative estimate of drug-likeness (QED) is 0.128. The van der Waals surface area contributed by atoms with Gasteiger partial charge < -0.3 is 18.9 Å². The molecule has 0 heterocycles. The summed E-state index contributed by atoms with van der Waals surface area (Å²) in [5.41, 5.74) is 8.26. The third kappa shape index (κ3) is 9.91. The number of isothiocyanates is 4. The number of hydrogen-bond donors (Lipinski definition) is 0. The van der Waals surface area contributed by atoms with E-state index in [1.54, 1.807) is 28.4 Å². The van der Waals surface area contributed by atoms with Gasteiger partial charge in [0, 0.05) is 44.5 Å². The highest BCUT2D eigenvalue weighted by atomic mass is 32.1. The Kier molecular flexibility index (Phi) is 15.2. The van der Waals surface area contributed by atoms with Crippen LogP contribution in [0, 0.1) is 0 Å². The van der Waals surface area contributed by atoms with E-state index in [0.717, 1.165) is 22.3 Å². The molecular weight excluding hydrogens is 873 g/mol. The maximum atomic E-state index is 6.53. The molecule has 4 aromatic rings. The minimum atomic E-state index is -0.787. The smallest absolute Gasteiger partial charge is 0.130 e. The van der Waals surface area contributed by atoms with E-state index < -0.39 is 24.2 Å². The largest absolute Gasteiger partial charge is 0.496 e. The van der Waals surface area contributed by atoms with Gasteiger partial charge in [-0.1, -0.05) is 83.1 Å². The van der Waals surface area contributed by atoms with Gasteiger partial charge in [0.25, 0.3) is 0 Å². The highest BCUT2D eigenvalue weighted by Gasteiger charge is 2.38. The zero-order chi connectivity index (χ0) is 47.7. The zero-order valence-corrected chi connectivity index (χ0v) is 43.2. The number of benzene rings is 4. The Hall–Kier alpha value is -4.72. The summed E-state index contributed by atoms with van der Waals surface area (Å²) in [6.07, 6.45) is 0. The Morgan fingerprint density at radius 1 is 0.328 bits per heavy atom. The van der Waals surface area contributed by atoms with Crippen molar-refractivity contribution in [1.29, 1.82) is 0 Å². The normalized spacial score (nSPS) is 17.4. The van der Waals surface area contributed by atoms with Crippen molar-refractivity contribution in [2.45, 2.75) is 129 Å². The van der Waals surface area contributed by atoms with Crippen LogP contribution in [0.1, 0.15) is 174 Å². The zero-order valence-electron chi connectivity index (χ0n) is 40.0. The molecule has 8 bridgehead atoms. The summed E-state index contributed by atoms with van der Waals surface area (Å²) >= 11 is 21.9. The fourth-order valence-corrected chi connectivity index (χ4v) is 8.86. The van der Waals surface area contributed by atoms with E-state index in [9.17, 15) is 0 Å². The molecule has 0 saturated heterocycles. The van der Waals surface area contributed by atoms with Crippen LogP contribution in [0.5, 0.6) is 23.0 Å². The molecule has 0 atom stereocenters. The molecule has 0 saturated carbocycles. The van der Waals surface area contributed by atoms with Crippen molar-refractivity contribution in [2.75, 3.05) is 28.4 Å². The van der Waals surface area contributed by atoms with E-state index in [2.05, 4.69) is 152 Å². The van der Waals surface area contributed by atoms with E-state index in [1.165, 1.54) is 0 Å². The summed E-state index contributed by atoms with van der Waals surface area (Å²) in [4.78, 5) is 19.9. The van der Waals surface area contributed by atoms with Crippen LogP contribution < -0.4 is 18.9 Å². The van der Waals surface area contributed by atoms with E-state index in [4.69, 9.17) is 87.8 Å². The average Bonchev–Trinajstić information content (AvgIpc) is 3.22. The van der Waals surface area contributed by atoms with Crippen molar-refractivity contribution in [3.8, 4) is 23.0 Å². The van der Waals surface area contributed by atoms with Crippen molar-refractivity contribution in [3.63, 3.8) is 0 Å². The Balaban J connectivity index is 2.29. The second-order valence-corrected chi connectivity index (χ2v) is 21.0. The van der Waals surface area contributed by atoms with Crippen LogP contribution in [0.2, 0.25) is 0 Å². The first kappa shape index (κ1) is 50.3. The fraction of sp³-hybridized carbons (Fsp3) is 0.462. The second kappa shape index (κ2) is 19.4. The molecule has 0 N–H and O–H groups in total. The third-order valence-corrected chi connectivity index (χ3v) is 12.4. The molecule has 0 unspecified atom stereocenters. The van der Waals surface area contributed by atoms with Crippen LogP contribution in [0.3, 0.4) is 0 Å². The molecule has 0 spiro atoms. The van der Waals surface area contributed by atoms with Gasteiger partial charge in [-0.3, -0.25) is 0 Å². The van der Waals surface area contributed by atoms with Gasteiger partial charge in [-0.25, -0.2) is 20.0 Å². The van der Waals surface area contributed by atoms with Gasteiger partial charge >= 0.3 is 0 Å². The SMILES string of the molecule is COc1c2cc(C(C)(C)C)cc1C(N=C=S)c1cc(C(C)(C)C)cc(c1OC)C(N=C=S)c1cc(C(C)(C)C)cc(c1OC)C(N=C=S)c1cc(C(C)(C)C)cc(c1OC)C2N=C=S. The first-order valence-electron chi connectivity index (χ1n) is 21.1. The Morgan fingerprint density at radius 3 is 0.562 bits per heavy atom. The predicted molar refractivity (Wildman–Crippen MR) is 274 cm³/mol. The number of hydrogen-bond acceptors (Lipinski definition) is 12. The molecular formula is C52H60N4O4S4. The molecule has 0 radical (unpaired) electrons. The lowest BCUT2D eigenvalue weighted by Crippen LogP contribution is -2.20. The molecule has 64 heavy (non-hydrogen) atoms. The molecule has 0 aromatic heterocycles. The summed E-state index contributed by atoms with van der Waals surface area (Å²) in [5, 5.41) is 11.0. The fourth-order valence-electron chi connectivity index (χ4n) is 8.43. The first-order valence-corrected chi connectivity index (χ1v) is 22.8. The van der Waals surface area contributed by atoms with Crippen LogP contribution in [0.25, 0.3) is 0 Å². The molecule has 8 nitrogen and oxygen atoms in total. The number of fused-ring (bicyclic) bond motifs is 8. The number of thiocarbonyl (C=S) groups is 4. The van der Waals surface area contributed by atoms with Gasteiger partial charge in [0.1, 0.15) is 47.2 Å². The molecule has 0 aliphatic heterocycles. The third-order valence-electron chi connectivity index (χ3n) is 12.0. The minimum absolute atomic E-state index is 0.359. The van der Waals surface area contributed by atoms with E-state index in [1.807, 2.05) is 0 Å². The first-order chi connectivity index (χ1) is 29.9. The van der Waals surface area contributed by atoms with Crippen molar-refractivity contribution in [1.82, 2.24) is 0 Å². The van der Waals surface area contributed by atoms with Gasteiger partial charge in [0.2, 0.25) is 0 Å². The molecule has 0 amide bonds. The van der Waals surface area contributed by atoms with Gasteiger partial charge in [0.15, 0.2) is 0 Å². The predicted octanol–water partition coefficient (Wildman–Crippen LogP) is 14.0. The maximum Gasteiger partial charge on any atom is 0.130 e. The van der Waals surface area contributed by atoms with Crippen LogP contribution in [0.15, 0.2) is 68.5 Å². The van der Waals surface area contributed by atoms with Gasteiger partial charge in [-0.2, -0.15) is 0 Å². The molecule has 0 fully saturated rings.